The largest absolute Gasteiger partial charge is 0.326 e. The van der Waals surface area contributed by atoms with Crippen molar-refractivity contribution in [2.45, 2.75) is 11.4 Å². The standard InChI is InChI=1S/C14H13N3O2S2/c15-9-10-5-7-11(8-6-10)21(18,19)17-14-16-12-3-1-2-4-13(12)20-14/h1-8H,9,15H2,(H,16,17). The second-order valence-electron chi connectivity index (χ2n) is 4.44. The molecule has 1 heterocycles. The van der Waals surface area contributed by atoms with Crippen molar-refractivity contribution in [2.24, 2.45) is 5.73 Å². The molecule has 1 aromatic heterocycles. The van der Waals surface area contributed by atoms with Crippen LogP contribution in [0.5, 0.6) is 0 Å². The number of rotatable bonds is 4. The van der Waals surface area contributed by atoms with E-state index in [1.54, 1.807) is 12.1 Å². The average molecular weight is 319 g/mol. The highest BCUT2D eigenvalue weighted by atomic mass is 32.2. The Morgan fingerprint density at radius 1 is 1.10 bits per heavy atom. The predicted molar refractivity (Wildman–Crippen MR) is 84.8 cm³/mol. The van der Waals surface area contributed by atoms with E-state index < -0.39 is 10.0 Å². The maximum absolute atomic E-state index is 12.3. The van der Waals surface area contributed by atoms with E-state index in [0.717, 1.165) is 15.8 Å². The van der Waals surface area contributed by atoms with Gasteiger partial charge in [-0.2, -0.15) is 0 Å². The van der Waals surface area contributed by atoms with E-state index in [2.05, 4.69) is 9.71 Å². The number of benzene rings is 2. The first-order chi connectivity index (χ1) is 10.1. The third-order valence-corrected chi connectivity index (χ3v) is 5.42. The molecule has 0 saturated carbocycles. The van der Waals surface area contributed by atoms with Crippen molar-refractivity contribution >= 4 is 36.7 Å². The molecule has 5 nitrogen and oxygen atoms in total. The number of hydrogen-bond acceptors (Lipinski definition) is 5. The molecule has 0 spiro atoms. The van der Waals surface area contributed by atoms with Crippen LogP contribution in [0.3, 0.4) is 0 Å². The van der Waals surface area contributed by atoms with Crippen LogP contribution in [-0.2, 0) is 16.6 Å². The number of nitrogens with zero attached hydrogens (tertiary/aromatic N) is 1. The molecule has 3 rings (SSSR count). The molecule has 21 heavy (non-hydrogen) atoms. The smallest absolute Gasteiger partial charge is 0.263 e. The van der Waals surface area contributed by atoms with Gasteiger partial charge in [0.15, 0.2) is 5.13 Å². The van der Waals surface area contributed by atoms with Crippen LogP contribution in [0, 0.1) is 0 Å². The Hall–Kier alpha value is -1.96. The lowest BCUT2D eigenvalue weighted by Crippen LogP contribution is -2.12. The first-order valence-corrected chi connectivity index (χ1v) is 8.56. The van der Waals surface area contributed by atoms with Gasteiger partial charge in [-0.15, -0.1) is 0 Å². The summed E-state index contributed by atoms with van der Waals surface area (Å²) in [5, 5.41) is 0.360. The Morgan fingerprint density at radius 3 is 2.48 bits per heavy atom. The minimum atomic E-state index is -3.63. The fourth-order valence-electron chi connectivity index (χ4n) is 1.89. The zero-order valence-electron chi connectivity index (χ0n) is 11.0. The molecule has 0 aliphatic carbocycles. The number of thiazole rings is 1. The van der Waals surface area contributed by atoms with Gasteiger partial charge in [-0.05, 0) is 29.8 Å². The Bertz CT molecular complexity index is 838. The van der Waals surface area contributed by atoms with Crippen LogP contribution >= 0.6 is 11.3 Å². The highest BCUT2D eigenvalue weighted by Gasteiger charge is 2.16. The van der Waals surface area contributed by atoms with Gasteiger partial charge < -0.3 is 5.73 Å². The molecule has 0 aliphatic rings. The van der Waals surface area contributed by atoms with E-state index in [4.69, 9.17) is 5.73 Å². The molecule has 0 fully saturated rings. The zero-order chi connectivity index (χ0) is 14.9. The number of nitrogens with two attached hydrogens (primary N) is 1. The molecule has 0 atom stereocenters. The first kappa shape index (κ1) is 14.0. The second kappa shape index (κ2) is 5.44. The van der Waals surface area contributed by atoms with E-state index in [0.29, 0.717) is 11.7 Å². The molecule has 0 bridgehead atoms. The van der Waals surface area contributed by atoms with Crippen LogP contribution < -0.4 is 10.5 Å². The molecule has 0 amide bonds. The van der Waals surface area contributed by atoms with Gasteiger partial charge in [-0.1, -0.05) is 35.6 Å². The second-order valence-corrected chi connectivity index (χ2v) is 7.15. The summed E-state index contributed by atoms with van der Waals surface area (Å²) in [6, 6.07) is 14.0. The zero-order valence-corrected chi connectivity index (χ0v) is 12.6. The third kappa shape index (κ3) is 2.90. The van der Waals surface area contributed by atoms with Crippen molar-refractivity contribution in [1.29, 1.82) is 0 Å². The molecule has 3 N–H and O–H groups in total. The van der Waals surface area contributed by atoms with Crippen LogP contribution in [0.1, 0.15) is 5.56 Å². The van der Waals surface area contributed by atoms with Crippen LogP contribution in [0.25, 0.3) is 10.2 Å². The number of fused-ring (bicyclic) bond motifs is 1. The van der Waals surface area contributed by atoms with Crippen molar-refractivity contribution in [1.82, 2.24) is 4.98 Å². The van der Waals surface area contributed by atoms with E-state index in [9.17, 15) is 8.42 Å². The maximum atomic E-state index is 12.3. The summed E-state index contributed by atoms with van der Waals surface area (Å²) < 4.78 is 28.1. The van der Waals surface area contributed by atoms with Crippen LogP contribution in [0.2, 0.25) is 0 Å². The Morgan fingerprint density at radius 2 is 1.81 bits per heavy atom. The molecule has 7 heteroatoms. The number of sulfonamides is 1. The molecule has 0 saturated heterocycles. The summed E-state index contributed by atoms with van der Waals surface area (Å²) in [5.41, 5.74) is 7.16. The van der Waals surface area contributed by atoms with Crippen LogP contribution in [0.4, 0.5) is 5.13 Å². The Labute approximate surface area is 126 Å². The molecular weight excluding hydrogens is 306 g/mol. The lowest BCUT2D eigenvalue weighted by molar-refractivity contribution is 0.601. The number of aromatic nitrogens is 1. The fraction of sp³-hybridized carbons (Fsp3) is 0.0714. The SMILES string of the molecule is NCc1ccc(S(=O)(=O)Nc2nc3ccccc3s2)cc1. The van der Waals surface area contributed by atoms with Gasteiger partial charge in [0, 0.05) is 6.54 Å². The lowest BCUT2D eigenvalue weighted by Gasteiger charge is -2.05. The van der Waals surface area contributed by atoms with E-state index in [1.165, 1.54) is 23.5 Å². The van der Waals surface area contributed by atoms with Crippen molar-refractivity contribution < 1.29 is 8.42 Å². The number of hydrogen-bond donors (Lipinski definition) is 2. The summed E-state index contributed by atoms with van der Waals surface area (Å²) in [6.45, 7) is 0.381. The van der Waals surface area contributed by atoms with Gasteiger partial charge in [0.1, 0.15) is 0 Å². The molecule has 108 valence electrons. The van der Waals surface area contributed by atoms with Crippen molar-refractivity contribution in [3.8, 4) is 0 Å². The average Bonchev–Trinajstić information content (AvgIpc) is 2.88. The minimum absolute atomic E-state index is 0.193. The highest BCUT2D eigenvalue weighted by molar-refractivity contribution is 7.93. The summed E-state index contributed by atoms with van der Waals surface area (Å²) in [5.74, 6) is 0. The summed E-state index contributed by atoms with van der Waals surface area (Å²) >= 11 is 1.31. The molecule has 0 aliphatic heterocycles. The van der Waals surface area contributed by atoms with Gasteiger partial charge >= 0.3 is 0 Å². The topological polar surface area (TPSA) is 85.1 Å². The Balaban J connectivity index is 1.91. The molecule has 3 aromatic rings. The van der Waals surface area contributed by atoms with Crippen molar-refractivity contribution in [3.63, 3.8) is 0 Å². The van der Waals surface area contributed by atoms with Gasteiger partial charge in [-0.25, -0.2) is 13.4 Å². The Kier molecular flexibility index (Phi) is 3.62. The van der Waals surface area contributed by atoms with Gasteiger partial charge in [0.05, 0.1) is 15.1 Å². The monoisotopic (exact) mass is 319 g/mol. The molecule has 2 aromatic carbocycles. The summed E-state index contributed by atoms with van der Waals surface area (Å²) in [4.78, 5) is 4.46. The first-order valence-electron chi connectivity index (χ1n) is 6.26. The predicted octanol–water partition coefficient (Wildman–Crippen LogP) is 2.56. The van der Waals surface area contributed by atoms with Gasteiger partial charge in [0.2, 0.25) is 0 Å². The summed E-state index contributed by atoms with van der Waals surface area (Å²) in [7, 11) is -3.63. The van der Waals surface area contributed by atoms with E-state index in [-0.39, 0.29) is 4.90 Å². The summed E-state index contributed by atoms with van der Waals surface area (Å²) in [6.07, 6.45) is 0. The van der Waals surface area contributed by atoms with Crippen molar-refractivity contribution in [2.75, 3.05) is 4.72 Å². The normalized spacial score (nSPS) is 11.7. The quantitative estimate of drug-likeness (QED) is 0.774. The fourth-order valence-corrected chi connectivity index (χ4v) is 4.00. The molecule has 0 radical (unpaired) electrons. The highest BCUT2D eigenvalue weighted by Crippen LogP contribution is 2.27. The molecule has 0 unspecified atom stereocenters. The number of nitrogens with one attached hydrogen (secondary N) is 1. The van der Waals surface area contributed by atoms with Crippen LogP contribution in [0.15, 0.2) is 53.4 Å². The molecular formula is C14H13N3O2S2. The number of anilines is 1. The van der Waals surface area contributed by atoms with E-state index in [1.807, 2.05) is 24.3 Å². The lowest BCUT2D eigenvalue weighted by atomic mass is 10.2. The van der Waals surface area contributed by atoms with E-state index >= 15 is 0 Å². The van der Waals surface area contributed by atoms with Crippen LogP contribution in [-0.4, -0.2) is 13.4 Å². The van der Waals surface area contributed by atoms with Gasteiger partial charge in [0.25, 0.3) is 10.0 Å². The van der Waals surface area contributed by atoms with Gasteiger partial charge in [-0.3, -0.25) is 4.72 Å². The minimum Gasteiger partial charge on any atom is -0.326 e. The maximum Gasteiger partial charge on any atom is 0.263 e. The number of para-hydroxylation sites is 1. The van der Waals surface area contributed by atoms with Crippen molar-refractivity contribution in [3.05, 3.63) is 54.1 Å². The third-order valence-electron chi connectivity index (χ3n) is 2.98.